The molecule has 0 atom stereocenters. The van der Waals surface area contributed by atoms with E-state index in [1.165, 1.54) is 11.0 Å². The molecule has 0 radical (unpaired) electrons. The second-order valence-corrected chi connectivity index (χ2v) is 6.30. The van der Waals surface area contributed by atoms with Crippen LogP contribution in [0.2, 0.25) is 0 Å². The van der Waals surface area contributed by atoms with Gasteiger partial charge in [-0.1, -0.05) is 30.3 Å². The highest BCUT2D eigenvalue weighted by atomic mass is 79.9. The highest BCUT2D eigenvalue weighted by molar-refractivity contribution is 9.10. The molecule has 128 valence electrons. The zero-order chi connectivity index (χ0) is 17.6. The Labute approximate surface area is 158 Å². The molecule has 0 fully saturated rings. The van der Waals surface area contributed by atoms with Gasteiger partial charge in [0.15, 0.2) is 11.5 Å². The second-order valence-electron chi connectivity index (χ2n) is 5.06. The van der Waals surface area contributed by atoms with E-state index in [2.05, 4.69) is 31.2 Å². The first-order valence-corrected chi connectivity index (χ1v) is 8.58. The second kappa shape index (κ2) is 8.09. The van der Waals surface area contributed by atoms with Gasteiger partial charge in [0.1, 0.15) is 12.9 Å². The maximum Gasteiger partial charge on any atom is 0.216 e. The van der Waals surface area contributed by atoms with E-state index < -0.39 is 0 Å². The van der Waals surface area contributed by atoms with Gasteiger partial charge in [-0.25, -0.2) is 0 Å². The molecule has 0 saturated carbocycles. The van der Waals surface area contributed by atoms with E-state index in [1.807, 2.05) is 42.5 Å². The van der Waals surface area contributed by atoms with Gasteiger partial charge in [0, 0.05) is 0 Å². The van der Waals surface area contributed by atoms with Crippen molar-refractivity contribution in [1.29, 1.82) is 0 Å². The number of methoxy groups -OCH3 is 1. The molecule has 3 rings (SSSR count). The Hall–Kier alpha value is -2.45. The molecular formula is C17H15BrN4O2S. The van der Waals surface area contributed by atoms with E-state index in [-0.39, 0.29) is 0 Å². The number of aromatic amines is 1. The van der Waals surface area contributed by atoms with Crippen LogP contribution < -0.4 is 9.47 Å². The molecule has 25 heavy (non-hydrogen) atoms. The first kappa shape index (κ1) is 17.4. The van der Waals surface area contributed by atoms with Crippen molar-refractivity contribution in [3.8, 4) is 11.5 Å². The third-order valence-electron chi connectivity index (χ3n) is 3.34. The summed E-state index contributed by atoms with van der Waals surface area (Å²) in [6.07, 6.45) is 3.17. The van der Waals surface area contributed by atoms with Crippen LogP contribution in [0.15, 0.2) is 58.4 Å². The lowest BCUT2D eigenvalue weighted by Crippen LogP contribution is -1.99. The minimum Gasteiger partial charge on any atom is -0.493 e. The van der Waals surface area contributed by atoms with Gasteiger partial charge in [0.05, 0.1) is 17.8 Å². The number of aromatic nitrogens is 3. The van der Waals surface area contributed by atoms with Crippen LogP contribution in [0.4, 0.5) is 0 Å². The summed E-state index contributed by atoms with van der Waals surface area (Å²) in [5.74, 6) is 1.26. The van der Waals surface area contributed by atoms with E-state index in [0.717, 1.165) is 15.6 Å². The molecule has 0 aliphatic heterocycles. The fourth-order valence-electron chi connectivity index (χ4n) is 2.14. The minimum atomic E-state index is 0.421. The summed E-state index contributed by atoms with van der Waals surface area (Å²) in [5.41, 5.74) is 1.91. The van der Waals surface area contributed by atoms with Crippen LogP contribution in [0.5, 0.6) is 11.5 Å². The molecule has 0 amide bonds. The molecule has 1 aromatic heterocycles. The minimum absolute atomic E-state index is 0.421. The van der Waals surface area contributed by atoms with Gasteiger partial charge in [-0.3, -0.25) is 5.10 Å². The van der Waals surface area contributed by atoms with Crippen molar-refractivity contribution < 1.29 is 9.47 Å². The molecular weight excluding hydrogens is 404 g/mol. The van der Waals surface area contributed by atoms with E-state index >= 15 is 0 Å². The third kappa shape index (κ3) is 4.34. The Morgan fingerprint density at radius 1 is 1.32 bits per heavy atom. The molecule has 0 aliphatic rings. The van der Waals surface area contributed by atoms with Crippen LogP contribution in [0.1, 0.15) is 11.1 Å². The molecule has 3 aromatic rings. The van der Waals surface area contributed by atoms with Crippen LogP contribution in [0.25, 0.3) is 0 Å². The van der Waals surface area contributed by atoms with Gasteiger partial charge in [0.25, 0.3) is 0 Å². The Morgan fingerprint density at radius 3 is 2.80 bits per heavy atom. The average Bonchev–Trinajstić information content (AvgIpc) is 3.04. The highest BCUT2D eigenvalue weighted by Crippen LogP contribution is 2.36. The molecule has 1 heterocycles. The van der Waals surface area contributed by atoms with Crippen molar-refractivity contribution in [2.24, 2.45) is 5.10 Å². The number of nitrogens with one attached hydrogen (secondary N) is 1. The largest absolute Gasteiger partial charge is 0.493 e. The van der Waals surface area contributed by atoms with Crippen LogP contribution >= 0.6 is 28.1 Å². The fourth-order valence-corrected chi connectivity index (χ4v) is 2.86. The van der Waals surface area contributed by atoms with E-state index in [0.29, 0.717) is 22.9 Å². The number of hydrogen-bond acceptors (Lipinski definition) is 5. The quantitative estimate of drug-likeness (QED) is 0.481. The lowest BCUT2D eigenvalue weighted by atomic mass is 10.2. The van der Waals surface area contributed by atoms with Gasteiger partial charge in [0.2, 0.25) is 4.77 Å². The highest BCUT2D eigenvalue weighted by Gasteiger charge is 2.11. The molecule has 1 N–H and O–H groups in total. The predicted molar refractivity (Wildman–Crippen MR) is 102 cm³/mol. The SMILES string of the molecule is COc1cc(/C=N/n2cn[nH]c2=S)cc(Br)c1OCc1ccccc1. The zero-order valence-electron chi connectivity index (χ0n) is 13.3. The Balaban J connectivity index is 1.82. The number of halogens is 1. The lowest BCUT2D eigenvalue weighted by molar-refractivity contribution is 0.282. The maximum atomic E-state index is 5.92. The summed E-state index contributed by atoms with van der Waals surface area (Å²) in [7, 11) is 1.60. The van der Waals surface area contributed by atoms with Gasteiger partial charge >= 0.3 is 0 Å². The van der Waals surface area contributed by atoms with Gasteiger partial charge in [-0.2, -0.15) is 14.9 Å². The summed E-state index contributed by atoms with van der Waals surface area (Å²) < 4.78 is 14.0. The number of hydrogen-bond donors (Lipinski definition) is 1. The molecule has 0 aliphatic carbocycles. The Morgan fingerprint density at radius 2 is 2.12 bits per heavy atom. The molecule has 0 unspecified atom stereocenters. The number of nitrogens with zero attached hydrogens (tertiary/aromatic N) is 3. The Bertz CT molecular complexity index is 937. The standard InChI is InChI=1S/C17H15BrN4O2S/c1-23-15-8-13(9-20-22-11-19-21-17(22)25)7-14(18)16(15)24-10-12-5-3-2-4-6-12/h2-9,11H,10H2,1H3,(H,21,25)/b20-9+. The average molecular weight is 419 g/mol. The van der Waals surface area contributed by atoms with E-state index in [9.17, 15) is 0 Å². The molecule has 0 spiro atoms. The first-order valence-electron chi connectivity index (χ1n) is 7.38. The topological polar surface area (TPSA) is 64.4 Å². The summed E-state index contributed by atoms with van der Waals surface area (Å²) in [4.78, 5) is 0. The molecule has 8 heteroatoms. The van der Waals surface area contributed by atoms with Crippen molar-refractivity contribution >= 4 is 34.4 Å². The van der Waals surface area contributed by atoms with Gasteiger partial charge in [-0.15, -0.1) is 0 Å². The molecule has 2 aromatic carbocycles. The predicted octanol–water partition coefficient (Wildman–Crippen LogP) is 4.17. The van der Waals surface area contributed by atoms with E-state index in [4.69, 9.17) is 21.7 Å². The Kier molecular flexibility index (Phi) is 5.62. The van der Waals surface area contributed by atoms with Crippen LogP contribution in [0, 0.1) is 4.77 Å². The molecule has 0 bridgehead atoms. The smallest absolute Gasteiger partial charge is 0.216 e. The summed E-state index contributed by atoms with van der Waals surface area (Å²) in [6, 6.07) is 13.7. The van der Waals surface area contributed by atoms with Crippen molar-refractivity contribution in [1.82, 2.24) is 14.9 Å². The summed E-state index contributed by atoms with van der Waals surface area (Å²) in [5, 5.41) is 10.7. The van der Waals surface area contributed by atoms with E-state index in [1.54, 1.807) is 13.3 Å². The maximum absolute atomic E-state index is 5.92. The summed E-state index contributed by atoms with van der Waals surface area (Å²) in [6.45, 7) is 0.452. The number of ether oxygens (including phenoxy) is 2. The first-order chi connectivity index (χ1) is 12.2. The van der Waals surface area contributed by atoms with Crippen LogP contribution in [-0.2, 0) is 6.61 Å². The zero-order valence-corrected chi connectivity index (χ0v) is 15.8. The van der Waals surface area contributed by atoms with Gasteiger partial charge in [-0.05, 0) is 51.4 Å². The lowest BCUT2D eigenvalue weighted by Gasteiger charge is -2.13. The van der Waals surface area contributed by atoms with Gasteiger partial charge < -0.3 is 9.47 Å². The van der Waals surface area contributed by atoms with Crippen LogP contribution in [-0.4, -0.2) is 28.2 Å². The number of H-pyrrole nitrogens is 1. The number of benzene rings is 2. The van der Waals surface area contributed by atoms with Crippen molar-refractivity contribution in [3.05, 3.63) is 69.2 Å². The fraction of sp³-hybridized carbons (Fsp3) is 0.118. The van der Waals surface area contributed by atoms with Crippen molar-refractivity contribution in [2.45, 2.75) is 6.61 Å². The van der Waals surface area contributed by atoms with Crippen LogP contribution in [0.3, 0.4) is 0 Å². The number of rotatable bonds is 6. The monoisotopic (exact) mass is 418 g/mol. The molecule has 6 nitrogen and oxygen atoms in total. The van der Waals surface area contributed by atoms with Crippen molar-refractivity contribution in [3.63, 3.8) is 0 Å². The third-order valence-corrected chi connectivity index (χ3v) is 4.21. The van der Waals surface area contributed by atoms with Crippen molar-refractivity contribution in [2.75, 3.05) is 7.11 Å². The normalized spacial score (nSPS) is 11.0. The molecule has 0 saturated heterocycles. The summed E-state index contributed by atoms with van der Waals surface area (Å²) >= 11 is 8.59.